The molecule has 2 heterocycles. The van der Waals surface area contributed by atoms with Gasteiger partial charge in [-0.15, -0.1) is 11.3 Å². The highest BCUT2D eigenvalue weighted by Crippen LogP contribution is 2.27. The normalized spacial score (nSPS) is 11.4. The number of carbonyl (C=O) groups is 2. The summed E-state index contributed by atoms with van der Waals surface area (Å²) in [6.07, 6.45) is 1.72. The van der Waals surface area contributed by atoms with Crippen LogP contribution in [0.15, 0.2) is 68.8 Å². The van der Waals surface area contributed by atoms with Crippen LogP contribution in [0.4, 0.5) is 0 Å². The smallest absolute Gasteiger partial charge is 0.272 e. The summed E-state index contributed by atoms with van der Waals surface area (Å²) in [7, 11) is -0.608. The number of nitrogens with one attached hydrogen (secondary N) is 2. The molecular weight excluding hydrogens is 639 g/mol. The molecule has 2 aromatic heterocycles. The van der Waals surface area contributed by atoms with Crippen molar-refractivity contribution in [2.24, 2.45) is 5.14 Å². The molecule has 0 unspecified atom stereocenters. The number of rotatable bonds is 16. The predicted molar refractivity (Wildman–Crippen MR) is 175 cm³/mol. The average Bonchev–Trinajstić information content (AvgIpc) is 3.50. The second-order valence-electron chi connectivity index (χ2n) is 9.96. The molecule has 0 radical (unpaired) electrons. The number of sulfonamides is 1. The molecule has 0 bridgehead atoms. The molecule has 45 heavy (non-hydrogen) atoms. The molecule has 0 aliphatic carbocycles. The van der Waals surface area contributed by atoms with Crippen LogP contribution in [0, 0.1) is 0 Å². The molecule has 2 aromatic carbocycles. The lowest BCUT2D eigenvalue weighted by Crippen LogP contribution is -2.29. The Hall–Kier alpha value is -3.92. The van der Waals surface area contributed by atoms with Gasteiger partial charge in [-0.2, -0.15) is 0 Å². The topological polar surface area (TPSA) is 172 Å². The molecule has 240 valence electrons. The lowest BCUT2D eigenvalue weighted by molar-refractivity contribution is -0.121. The molecule has 0 aliphatic heterocycles. The summed E-state index contributed by atoms with van der Waals surface area (Å²) in [5.74, 6) is 0.975. The van der Waals surface area contributed by atoms with Crippen molar-refractivity contribution in [1.29, 1.82) is 0 Å². The van der Waals surface area contributed by atoms with Crippen LogP contribution in [0.3, 0.4) is 0 Å². The number of methoxy groups -OCH3 is 2. The van der Waals surface area contributed by atoms with E-state index in [2.05, 4.69) is 15.6 Å². The highest BCUT2D eigenvalue weighted by Gasteiger charge is 2.15. The Morgan fingerprint density at radius 2 is 1.62 bits per heavy atom. The van der Waals surface area contributed by atoms with Crippen LogP contribution in [-0.2, 0) is 39.0 Å². The number of nitrogens with two attached hydrogens (primary N) is 1. The molecule has 4 N–H and O–H groups in total. The highest BCUT2D eigenvalue weighted by molar-refractivity contribution is 7.99. The maximum absolute atomic E-state index is 13.2. The Kier molecular flexibility index (Phi) is 12.0. The van der Waals surface area contributed by atoms with Gasteiger partial charge in [-0.3, -0.25) is 19.0 Å². The summed E-state index contributed by atoms with van der Waals surface area (Å²) < 4.78 is 35.4. The molecule has 2 amide bonds. The third-order valence-electron chi connectivity index (χ3n) is 6.82. The first-order valence-electron chi connectivity index (χ1n) is 14.1. The Bertz CT molecular complexity index is 1800. The summed E-state index contributed by atoms with van der Waals surface area (Å²) in [5, 5.41) is 13.1. The molecule has 15 heteroatoms. The predicted octanol–water partition coefficient (Wildman–Crippen LogP) is 2.71. The first-order chi connectivity index (χ1) is 21.6. The van der Waals surface area contributed by atoms with E-state index in [4.69, 9.17) is 14.6 Å². The minimum Gasteiger partial charge on any atom is -0.493 e. The van der Waals surface area contributed by atoms with Gasteiger partial charge in [0.1, 0.15) is 4.70 Å². The second kappa shape index (κ2) is 15.9. The first kappa shape index (κ1) is 34.0. The van der Waals surface area contributed by atoms with Crippen LogP contribution in [0.25, 0.3) is 10.2 Å². The van der Waals surface area contributed by atoms with Gasteiger partial charge in [0, 0.05) is 26.1 Å². The van der Waals surface area contributed by atoms with E-state index in [9.17, 15) is 22.8 Å². The highest BCUT2D eigenvalue weighted by atomic mass is 32.2. The number of carbonyl (C=O) groups excluding carboxylic acids is 2. The van der Waals surface area contributed by atoms with Crippen LogP contribution in [0.5, 0.6) is 11.5 Å². The molecule has 12 nitrogen and oxygen atoms in total. The maximum Gasteiger partial charge on any atom is 0.272 e. The summed E-state index contributed by atoms with van der Waals surface area (Å²) in [6, 6.07) is 13.6. The Labute approximate surface area is 269 Å². The van der Waals surface area contributed by atoms with E-state index in [-0.39, 0.29) is 41.0 Å². The number of aromatic nitrogens is 2. The van der Waals surface area contributed by atoms with Gasteiger partial charge >= 0.3 is 0 Å². The zero-order chi connectivity index (χ0) is 32.4. The molecule has 4 aromatic rings. The molecular formula is C30H35N5O7S3. The van der Waals surface area contributed by atoms with Gasteiger partial charge in [-0.1, -0.05) is 30.0 Å². The number of amides is 2. The van der Waals surface area contributed by atoms with Crippen molar-refractivity contribution in [2.75, 3.05) is 33.1 Å². The fraction of sp³-hybridized carbons (Fsp3) is 0.333. The van der Waals surface area contributed by atoms with Crippen molar-refractivity contribution >= 4 is 55.2 Å². The zero-order valence-corrected chi connectivity index (χ0v) is 27.4. The van der Waals surface area contributed by atoms with Crippen molar-refractivity contribution in [2.45, 2.75) is 42.3 Å². The van der Waals surface area contributed by atoms with E-state index in [1.807, 2.05) is 18.2 Å². The van der Waals surface area contributed by atoms with Crippen molar-refractivity contribution < 1.29 is 27.5 Å². The Morgan fingerprint density at radius 3 is 2.31 bits per heavy atom. The maximum atomic E-state index is 13.2. The third-order valence-corrected chi connectivity index (χ3v) is 9.62. The van der Waals surface area contributed by atoms with Gasteiger partial charge in [0.2, 0.25) is 21.8 Å². The summed E-state index contributed by atoms with van der Waals surface area (Å²) >= 11 is 2.48. The molecule has 0 atom stereocenters. The summed E-state index contributed by atoms with van der Waals surface area (Å²) in [4.78, 5) is 43.0. The first-order valence-corrected chi connectivity index (χ1v) is 17.5. The van der Waals surface area contributed by atoms with Crippen LogP contribution in [0.2, 0.25) is 0 Å². The number of primary sulfonamides is 1. The monoisotopic (exact) mass is 673 g/mol. The van der Waals surface area contributed by atoms with Gasteiger partial charge in [0.15, 0.2) is 16.7 Å². The quantitative estimate of drug-likeness (QED) is 0.119. The molecule has 4 rings (SSSR count). The van der Waals surface area contributed by atoms with Crippen LogP contribution < -0.4 is 30.8 Å². The van der Waals surface area contributed by atoms with Gasteiger partial charge in [-0.25, -0.2) is 18.5 Å². The van der Waals surface area contributed by atoms with Gasteiger partial charge in [-0.05, 0) is 66.1 Å². The minimum atomic E-state index is -3.75. The van der Waals surface area contributed by atoms with Crippen molar-refractivity contribution in [3.05, 3.63) is 75.4 Å². The van der Waals surface area contributed by atoms with Crippen molar-refractivity contribution in [1.82, 2.24) is 20.2 Å². The number of hydrogen-bond acceptors (Lipinski definition) is 10. The number of ether oxygens (including phenoxy) is 2. The van der Waals surface area contributed by atoms with E-state index in [0.29, 0.717) is 59.2 Å². The van der Waals surface area contributed by atoms with E-state index in [0.717, 1.165) is 11.1 Å². The fourth-order valence-electron chi connectivity index (χ4n) is 4.47. The number of benzene rings is 2. The fourth-order valence-corrected chi connectivity index (χ4v) is 6.62. The van der Waals surface area contributed by atoms with Gasteiger partial charge < -0.3 is 20.1 Å². The Balaban J connectivity index is 1.27. The number of hydrogen-bond donors (Lipinski definition) is 3. The van der Waals surface area contributed by atoms with E-state index < -0.39 is 10.0 Å². The molecule has 0 spiro atoms. The third kappa shape index (κ3) is 9.53. The summed E-state index contributed by atoms with van der Waals surface area (Å²) in [6.45, 7) is 1.07. The summed E-state index contributed by atoms with van der Waals surface area (Å²) in [5.41, 5.74) is 2.22. The molecule has 0 fully saturated rings. The Morgan fingerprint density at radius 1 is 0.956 bits per heavy atom. The standard InChI is InChI=1S/C30H35N5O7S3/c1-41-24-10-7-21(18-25(24)42-2)12-15-33-27(37)19-44-30-34-23-13-17-43-28(23)29(38)35(30)16-3-4-26(36)32-14-11-20-5-8-22(9-6-20)45(31,39)40/h5-10,13,17-18H,3-4,11-12,14-16,19H2,1-2H3,(H,32,36)(H,33,37)(H2,31,39,40). The number of thioether (sulfide) groups is 1. The van der Waals surface area contributed by atoms with E-state index in [1.165, 1.54) is 39.8 Å². The lowest BCUT2D eigenvalue weighted by Gasteiger charge is -2.12. The molecule has 0 saturated heterocycles. The number of fused-ring (bicyclic) bond motifs is 1. The van der Waals surface area contributed by atoms with Crippen LogP contribution in [-0.4, -0.2) is 62.8 Å². The van der Waals surface area contributed by atoms with E-state index >= 15 is 0 Å². The zero-order valence-electron chi connectivity index (χ0n) is 24.9. The average molecular weight is 674 g/mol. The van der Waals surface area contributed by atoms with Crippen LogP contribution in [0.1, 0.15) is 24.0 Å². The number of thiophene rings is 1. The van der Waals surface area contributed by atoms with Crippen molar-refractivity contribution in [3.8, 4) is 11.5 Å². The largest absolute Gasteiger partial charge is 0.493 e. The molecule has 0 aliphatic rings. The minimum absolute atomic E-state index is 0.0324. The lowest BCUT2D eigenvalue weighted by atomic mass is 10.1. The van der Waals surface area contributed by atoms with Gasteiger partial charge in [0.25, 0.3) is 5.56 Å². The van der Waals surface area contributed by atoms with E-state index in [1.54, 1.807) is 37.8 Å². The van der Waals surface area contributed by atoms with Crippen LogP contribution >= 0.6 is 23.1 Å². The number of nitrogens with zero attached hydrogens (tertiary/aromatic N) is 2. The van der Waals surface area contributed by atoms with Gasteiger partial charge in [0.05, 0.1) is 30.4 Å². The second-order valence-corrected chi connectivity index (χ2v) is 13.4. The SMILES string of the molecule is COc1ccc(CCNC(=O)CSc2nc3ccsc3c(=O)n2CCCC(=O)NCCc2ccc(S(N)(=O)=O)cc2)cc1OC. The van der Waals surface area contributed by atoms with Crippen molar-refractivity contribution in [3.63, 3.8) is 0 Å². The molecule has 0 saturated carbocycles.